The Morgan fingerprint density at radius 2 is 1.05 bits per heavy atom. The highest BCUT2D eigenvalue weighted by atomic mass is 16.4. The second-order valence-electron chi connectivity index (χ2n) is 23.9. The van der Waals surface area contributed by atoms with E-state index in [1.165, 1.54) is 12.1 Å². The number of nitrogens with one attached hydrogen (secondary N) is 7. The summed E-state index contributed by atoms with van der Waals surface area (Å²) in [5, 5.41) is 59.4. The van der Waals surface area contributed by atoms with Gasteiger partial charge in [-0.25, -0.2) is 4.79 Å². The number of aliphatic imine (C=N–C) groups is 2. The quantitative estimate of drug-likeness (QED) is 0.0156. The number of phenolic OH excluding ortho intramolecular Hbond substituents is 1. The SMILES string of the molecule is CCNC(=O)/N=C(/N)NCCC[C@@H](NC(=O)[C@@H](c1ccccc1)c1ccc(NCCCNC(=O)[C@H](N)CCCNC(=O)/C(C[C@@H](C)c2ccc(-c3ccccc3)cc2)=N/CN2CCN(CC(=O)O)CCN(CC(=O)O)CCN(CC(=O)O)CC2)cc1)C(=O)NCc1ccc(O)cc1. The highest BCUT2D eigenvalue weighted by Gasteiger charge is 2.29. The van der Waals surface area contributed by atoms with Crippen LogP contribution in [0.25, 0.3) is 11.1 Å². The van der Waals surface area contributed by atoms with Crippen molar-refractivity contribution in [2.75, 3.05) is 117 Å². The summed E-state index contributed by atoms with van der Waals surface area (Å²) in [7, 11) is 0. The minimum Gasteiger partial charge on any atom is -0.508 e. The first-order valence-electron chi connectivity index (χ1n) is 32.9. The number of urea groups is 1. The first-order chi connectivity index (χ1) is 46.7. The van der Waals surface area contributed by atoms with Gasteiger partial charge < -0.3 is 69.1 Å². The molecule has 0 unspecified atom stereocenters. The maximum atomic E-state index is 14.4. The molecule has 6 rings (SSSR count). The molecule has 1 aliphatic rings. The minimum atomic E-state index is -1.05. The molecule has 0 aromatic heterocycles. The van der Waals surface area contributed by atoms with Crippen LogP contribution in [0.15, 0.2) is 143 Å². The number of amides is 6. The second kappa shape index (κ2) is 41.2. The van der Waals surface area contributed by atoms with Crippen molar-refractivity contribution in [1.29, 1.82) is 0 Å². The van der Waals surface area contributed by atoms with E-state index < -0.39 is 59.7 Å². The summed E-state index contributed by atoms with van der Waals surface area (Å²) in [6, 6.07) is 38.7. The number of aromatic hydroxyl groups is 1. The van der Waals surface area contributed by atoms with Crippen LogP contribution in [-0.2, 0) is 40.1 Å². The van der Waals surface area contributed by atoms with E-state index in [1.54, 1.807) is 33.8 Å². The standard InChI is InChI=1S/C70H95N15O12/c1-3-73-70(97)81-69(72)77-32-11-18-59(66(94)78-44-50-19-29-57(86)30-20-50)80-68(96)64(54-15-8-5-9-16-54)55-25-27-56(28-26-55)74-33-12-34-75-65(93)58(71)17-10-31-76-67(95)60(43-49(2)51-21-23-53(24-22-51)52-13-6-4-7-14-52)79-48-85-41-39-83(46-62(89)90)37-35-82(45-61(87)88)36-38-84(40-42-85)47-63(91)92/h4-9,13-16,19-30,49,58-59,64,74,86H,3,10-12,17-18,31-48,71H2,1-2H3,(H,75,93)(H,76,95)(H,78,94)(H,80,96)(H,87,88)(H,89,90)(H,91,92)(H4,72,73,77,81,97)/b79-60+/t49-,58-,59-,64+/m1/s1. The molecule has 4 atom stereocenters. The van der Waals surface area contributed by atoms with Crippen molar-refractivity contribution in [3.05, 3.63) is 156 Å². The smallest absolute Gasteiger partial charge is 0.344 e. The van der Waals surface area contributed by atoms with Gasteiger partial charge in [0.2, 0.25) is 17.7 Å². The van der Waals surface area contributed by atoms with Gasteiger partial charge in [-0.15, -0.1) is 0 Å². The Morgan fingerprint density at radius 1 is 0.536 bits per heavy atom. The van der Waals surface area contributed by atoms with E-state index in [4.69, 9.17) is 16.5 Å². The predicted molar refractivity (Wildman–Crippen MR) is 372 cm³/mol. The van der Waals surface area contributed by atoms with Crippen molar-refractivity contribution in [1.82, 2.24) is 51.5 Å². The van der Waals surface area contributed by atoms with E-state index in [1.807, 2.05) is 121 Å². The molecule has 1 fully saturated rings. The topological polar surface area (TPSA) is 391 Å². The number of carbonyl (C=O) groups excluding carboxylic acids is 5. The van der Waals surface area contributed by atoms with Crippen LogP contribution in [0.3, 0.4) is 0 Å². The van der Waals surface area contributed by atoms with Crippen molar-refractivity contribution in [3.63, 3.8) is 0 Å². The summed E-state index contributed by atoms with van der Waals surface area (Å²) in [6.45, 7) is 7.04. The molecule has 6 amide bonds. The summed E-state index contributed by atoms with van der Waals surface area (Å²) in [6.07, 6.45) is 2.06. The molecule has 1 heterocycles. The van der Waals surface area contributed by atoms with Gasteiger partial charge >= 0.3 is 23.9 Å². The van der Waals surface area contributed by atoms with Crippen molar-refractivity contribution in [3.8, 4) is 16.9 Å². The molecule has 0 radical (unpaired) electrons. The number of hydrogen-bond acceptors (Lipinski definition) is 16. The molecule has 0 saturated carbocycles. The average Bonchev–Trinajstić information content (AvgIpc) is 0.951. The lowest BCUT2D eigenvalue weighted by Gasteiger charge is -2.32. The van der Waals surface area contributed by atoms with Crippen LogP contribution in [0.2, 0.25) is 0 Å². The lowest BCUT2D eigenvalue weighted by atomic mass is 9.90. The molecule has 1 saturated heterocycles. The van der Waals surface area contributed by atoms with Gasteiger partial charge in [0.05, 0.1) is 38.3 Å². The summed E-state index contributed by atoms with van der Waals surface area (Å²) >= 11 is 0. The number of hydrogen-bond donors (Lipinski definition) is 13. The number of rotatable bonds is 35. The molecule has 27 nitrogen and oxygen atoms in total. The van der Waals surface area contributed by atoms with Gasteiger partial charge in [0.25, 0.3) is 5.91 Å². The maximum absolute atomic E-state index is 14.4. The van der Waals surface area contributed by atoms with Crippen molar-refractivity contribution < 1.29 is 58.8 Å². The zero-order valence-electron chi connectivity index (χ0n) is 55.4. The normalized spacial score (nSPS) is 15.2. The third kappa shape index (κ3) is 28.2. The van der Waals surface area contributed by atoms with Crippen LogP contribution in [-0.4, -0.2) is 223 Å². The number of carboxylic acid groups (broad SMARTS) is 3. The van der Waals surface area contributed by atoms with Crippen LogP contribution in [0, 0.1) is 0 Å². The number of carbonyl (C=O) groups is 8. The molecule has 97 heavy (non-hydrogen) atoms. The van der Waals surface area contributed by atoms with E-state index in [0.717, 1.165) is 27.9 Å². The van der Waals surface area contributed by atoms with Gasteiger partial charge in [-0.05, 0) is 103 Å². The Morgan fingerprint density at radius 3 is 1.63 bits per heavy atom. The number of aliphatic carboxylic acids is 3. The Hall–Kier alpha value is -9.80. The maximum Gasteiger partial charge on any atom is 0.344 e. The first-order valence-corrected chi connectivity index (χ1v) is 32.9. The van der Waals surface area contributed by atoms with Crippen LogP contribution in [0.5, 0.6) is 5.75 Å². The third-order valence-electron chi connectivity index (χ3n) is 16.3. The van der Waals surface area contributed by atoms with Crippen LogP contribution < -0.4 is 48.7 Å². The van der Waals surface area contributed by atoms with Gasteiger partial charge in [0, 0.05) is 104 Å². The Labute approximate surface area is 566 Å². The lowest BCUT2D eigenvalue weighted by molar-refractivity contribution is -0.140. The van der Waals surface area contributed by atoms with E-state index in [0.29, 0.717) is 63.1 Å². The molecule has 0 spiro atoms. The summed E-state index contributed by atoms with van der Waals surface area (Å²) in [4.78, 5) is 119. The van der Waals surface area contributed by atoms with Gasteiger partial charge in [-0.2, -0.15) is 4.99 Å². The highest BCUT2D eigenvalue weighted by Crippen LogP contribution is 2.28. The number of benzene rings is 5. The molecule has 5 aromatic carbocycles. The Balaban J connectivity index is 1.02. The fourth-order valence-corrected chi connectivity index (χ4v) is 10.9. The first kappa shape index (κ1) is 76.2. The van der Waals surface area contributed by atoms with E-state index in [9.17, 15) is 58.8 Å². The minimum absolute atomic E-state index is 0.0492. The Kier molecular flexibility index (Phi) is 32.4. The molecule has 15 N–H and O–H groups in total. The molecular weight excluding hydrogens is 1240 g/mol. The second-order valence-corrected chi connectivity index (χ2v) is 23.9. The number of guanidine groups is 1. The average molecular weight is 1340 g/mol. The van der Waals surface area contributed by atoms with Gasteiger partial charge in [-0.3, -0.25) is 58.2 Å². The molecule has 5 aromatic rings. The van der Waals surface area contributed by atoms with Crippen molar-refractivity contribution >= 4 is 64.9 Å². The molecule has 1 aliphatic heterocycles. The number of phenols is 1. The molecule has 0 bridgehead atoms. The fourth-order valence-electron chi connectivity index (χ4n) is 10.9. The summed E-state index contributed by atoms with van der Waals surface area (Å²) in [5.41, 5.74) is 18.5. The van der Waals surface area contributed by atoms with Crippen molar-refractivity contribution in [2.24, 2.45) is 21.5 Å². The predicted octanol–water partition coefficient (Wildman–Crippen LogP) is 3.62. The van der Waals surface area contributed by atoms with E-state index in [-0.39, 0.29) is 134 Å². The van der Waals surface area contributed by atoms with Gasteiger partial charge in [0.15, 0.2) is 5.96 Å². The number of nitrogens with zero attached hydrogens (tertiary/aromatic N) is 6. The lowest BCUT2D eigenvalue weighted by Crippen LogP contribution is -2.48. The largest absolute Gasteiger partial charge is 0.508 e. The van der Waals surface area contributed by atoms with E-state index in [2.05, 4.69) is 42.2 Å². The molecule has 27 heteroatoms. The monoisotopic (exact) mass is 1340 g/mol. The Bertz CT molecular complexity index is 3330. The van der Waals surface area contributed by atoms with Crippen molar-refractivity contribution in [2.45, 2.75) is 82.8 Å². The zero-order valence-corrected chi connectivity index (χ0v) is 55.4. The zero-order chi connectivity index (χ0) is 69.9. The number of nitrogens with two attached hydrogens (primary N) is 2. The van der Waals surface area contributed by atoms with Gasteiger partial charge in [0.1, 0.15) is 17.5 Å². The van der Waals surface area contributed by atoms with E-state index >= 15 is 0 Å². The summed E-state index contributed by atoms with van der Waals surface area (Å²) in [5.74, 6) is -5.63. The number of anilines is 1. The highest BCUT2D eigenvalue weighted by molar-refractivity contribution is 6.39. The number of carboxylic acids is 3. The summed E-state index contributed by atoms with van der Waals surface area (Å²) < 4.78 is 0. The molecule has 522 valence electrons. The third-order valence-corrected chi connectivity index (χ3v) is 16.3. The van der Waals surface area contributed by atoms with Crippen LogP contribution in [0.1, 0.15) is 86.5 Å². The van der Waals surface area contributed by atoms with Gasteiger partial charge in [-0.1, -0.05) is 116 Å². The fraction of sp³-hybridized carbons (Fsp3) is 0.429. The molecule has 0 aliphatic carbocycles. The molecular formula is C70H95N15O12. The van der Waals surface area contributed by atoms with Crippen LogP contribution in [0.4, 0.5) is 10.5 Å². The van der Waals surface area contributed by atoms with Crippen LogP contribution >= 0.6 is 0 Å².